The maximum absolute atomic E-state index is 11.1. The summed E-state index contributed by atoms with van der Waals surface area (Å²) in [6, 6.07) is 3.27. The van der Waals surface area contributed by atoms with E-state index >= 15 is 0 Å². The van der Waals surface area contributed by atoms with Gasteiger partial charge in [-0.25, -0.2) is 4.99 Å². The minimum absolute atomic E-state index is 0. The molecule has 1 aromatic rings. The van der Waals surface area contributed by atoms with Gasteiger partial charge in [-0.1, -0.05) is 13.8 Å². The van der Waals surface area contributed by atoms with Crippen LogP contribution in [0.5, 0.6) is 0 Å². The molecule has 154 valence electrons. The van der Waals surface area contributed by atoms with E-state index in [2.05, 4.69) is 34.4 Å². The van der Waals surface area contributed by atoms with E-state index in [1.165, 1.54) is 0 Å². The molecule has 2 rings (SSSR count). The minimum Gasteiger partial charge on any atom is -0.454 e. The van der Waals surface area contributed by atoms with Crippen LogP contribution in [0.1, 0.15) is 37.1 Å². The molecule has 1 aliphatic heterocycles. The molecule has 27 heavy (non-hydrogen) atoms. The van der Waals surface area contributed by atoms with E-state index in [4.69, 9.17) is 14.9 Å². The van der Waals surface area contributed by atoms with Crippen LogP contribution >= 0.6 is 24.0 Å². The first-order valence-electron chi connectivity index (χ1n) is 9.22. The van der Waals surface area contributed by atoms with Crippen LogP contribution in [0, 0.1) is 5.92 Å². The smallest absolute Gasteiger partial charge is 0.284 e. The summed E-state index contributed by atoms with van der Waals surface area (Å²) in [5, 5.41) is 6.52. The van der Waals surface area contributed by atoms with Crippen molar-refractivity contribution in [3.63, 3.8) is 0 Å². The lowest BCUT2D eigenvalue weighted by atomic mass is 10.2. The number of nitrogens with two attached hydrogens (primary N) is 1. The fourth-order valence-corrected chi connectivity index (χ4v) is 2.89. The van der Waals surface area contributed by atoms with Gasteiger partial charge in [0.05, 0.1) is 12.7 Å². The van der Waals surface area contributed by atoms with E-state index in [9.17, 15) is 4.79 Å². The molecule has 1 aliphatic rings. The van der Waals surface area contributed by atoms with Crippen LogP contribution in [0.2, 0.25) is 0 Å². The maximum atomic E-state index is 11.1. The van der Waals surface area contributed by atoms with Crippen molar-refractivity contribution in [1.29, 1.82) is 0 Å². The molecule has 1 atom stereocenters. The largest absolute Gasteiger partial charge is 0.454 e. The van der Waals surface area contributed by atoms with Crippen molar-refractivity contribution in [2.75, 3.05) is 39.3 Å². The molecule has 0 bridgehead atoms. The molecule has 1 unspecified atom stereocenters. The van der Waals surface area contributed by atoms with Crippen LogP contribution in [-0.2, 0) is 11.3 Å². The number of hydrogen-bond donors (Lipinski definition) is 3. The van der Waals surface area contributed by atoms with Crippen molar-refractivity contribution >= 4 is 35.8 Å². The highest BCUT2D eigenvalue weighted by atomic mass is 127. The summed E-state index contributed by atoms with van der Waals surface area (Å²) in [4.78, 5) is 18.0. The van der Waals surface area contributed by atoms with Crippen molar-refractivity contribution < 1.29 is 13.9 Å². The van der Waals surface area contributed by atoms with Crippen molar-refractivity contribution in [3.8, 4) is 0 Å². The zero-order valence-corrected chi connectivity index (χ0v) is 18.7. The molecule has 1 amide bonds. The Morgan fingerprint density at radius 3 is 2.81 bits per heavy atom. The molecule has 1 fully saturated rings. The first-order valence-corrected chi connectivity index (χ1v) is 9.22. The molecular weight excluding hydrogens is 461 g/mol. The number of carbonyl (C=O) groups excluding carboxylic acids is 1. The number of nitrogens with one attached hydrogen (secondary N) is 2. The van der Waals surface area contributed by atoms with Gasteiger partial charge >= 0.3 is 0 Å². The summed E-state index contributed by atoms with van der Waals surface area (Å²) in [5.41, 5.74) is 5.19. The van der Waals surface area contributed by atoms with Crippen LogP contribution in [0.4, 0.5) is 0 Å². The second-order valence-corrected chi connectivity index (χ2v) is 6.85. The van der Waals surface area contributed by atoms with Gasteiger partial charge in [0, 0.05) is 32.7 Å². The Morgan fingerprint density at radius 1 is 1.41 bits per heavy atom. The third-order valence-corrected chi connectivity index (χ3v) is 3.99. The number of ether oxygens (including phenoxy) is 1. The second kappa shape index (κ2) is 12.2. The predicted molar refractivity (Wildman–Crippen MR) is 116 cm³/mol. The van der Waals surface area contributed by atoms with E-state index in [0.717, 1.165) is 32.8 Å². The molecule has 4 N–H and O–H groups in total. The van der Waals surface area contributed by atoms with Gasteiger partial charge < -0.3 is 25.5 Å². The lowest BCUT2D eigenvalue weighted by Crippen LogP contribution is -2.50. The first kappa shape index (κ1) is 23.7. The number of morpholine rings is 1. The standard InChI is InChI=1S/C18H31N5O3.HI/c1-4-20-18(21-9-14-5-6-16(26-14)17(19)24)22-10-15-12-23(7-8-25-15)11-13(2)3;/h5-6,13,15H,4,7-12H2,1-3H3,(H2,19,24)(H2,20,21,22);1H. The number of aliphatic imine (C=N–C) groups is 1. The normalized spacial score (nSPS) is 18.2. The number of furan rings is 1. The fraction of sp³-hybridized carbons (Fsp3) is 0.667. The number of guanidine groups is 1. The van der Waals surface area contributed by atoms with Gasteiger partial charge in [-0.2, -0.15) is 0 Å². The van der Waals surface area contributed by atoms with Crippen LogP contribution in [-0.4, -0.2) is 62.2 Å². The Labute approximate surface area is 178 Å². The molecule has 0 spiro atoms. The zero-order valence-electron chi connectivity index (χ0n) is 16.4. The predicted octanol–water partition coefficient (Wildman–Crippen LogP) is 1.41. The summed E-state index contributed by atoms with van der Waals surface area (Å²) < 4.78 is 11.2. The Hall–Kier alpha value is -1.33. The molecule has 1 aromatic heterocycles. The van der Waals surface area contributed by atoms with Gasteiger partial charge in [0.1, 0.15) is 12.3 Å². The summed E-state index contributed by atoms with van der Waals surface area (Å²) >= 11 is 0. The number of primary amides is 1. The van der Waals surface area contributed by atoms with Crippen molar-refractivity contribution in [2.45, 2.75) is 33.4 Å². The van der Waals surface area contributed by atoms with Gasteiger partial charge in [-0.05, 0) is 25.0 Å². The monoisotopic (exact) mass is 493 g/mol. The third kappa shape index (κ3) is 8.48. The number of rotatable bonds is 8. The lowest BCUT2D eigenvalue weighted by molar-refractivity contribution is -0.0284. The van der Waals surface area contributed by atoms with Crippen LogP contribution < -0.4 is 16.4 Å². The molecular formula is C18H32IN5O3. The third-order valence-electron chi connectivity index (χ3n) is 3.99. The van der Waals surface area contributed by atoms with Crippen LogP contribution in [0.25, 0.3) is 0 Å². The van der Waals surface area contributed by atoms with Gasteiger partial charge in [-0.15, -0.1) is 24.0 Å². The van der Waals surface area contributed by atoms with E-state index in [1.54, 1.807) is 12.1 Å². The second-order valence-electron chi connectivity index (χ2n) is 6.85. The minimum atomic E-state index is -0.578. The van der Waals surface area contributed by atoms with Gasteiger partial charge in [0.25, 0.3) is 5.91 Å². The average molecular weight is 493 g/mol. The van der Waals surface area contributed by atoms with Crippen molar-refractivity contribution in [1.82, 2.24) is 15.5 Å². The molecule has 0 saturated carbocycles. The first-order chi connectivity index (χ1) is 12.5. The van der Waals surface area contributed by atoms with Gasteiger partial charge in [0.15, 0.2) is 11.7 Å². The summed E-state index contributed by atoms with van der Waals surface area (Å²) in [6.45, 7) is 12.0. The molecule has 0 radical (unpaired) electrons. The maximum Gasteiger partial charge on any atom is 0.284 e. The van der Waals surface area contributed by atoms with E-state index in [-0.39, 0.29) is 35.8 Å². The topological polar surface area (TPSA) is 105 Å². The lowest BCUT2D eigenvalue weighted by Gasteiger charge is -2.34. The fourth-order valence-electron chi connectivity index (χ4n) is 2.89. The average Bonchev–Trinajstić information content (AvgIpc) is 3.06. The number of amides is 1. The molecule has 0 aromatic carbocycles. The van der Waals surface area contributed by atoms with E-state index in [1.807, 2.05) is 6.92 Å². The Kier molecular flexibility index (Phi) is 10.7. The van der Waals surface area contributed by atoms with E-state index < -0.39 is 5.91 Å². The highest BCUT2D eigenvalue weighted by molar-refractivity contribution is 14.0. The SMILES string of the molecule is CCNC(=NCc1ccc(C(N)=O)o1)NCC1CN(CC(C)C)CCO1.I. The molecule has 9 heteroatoms. The summed E-state index contributed by atoms with van der Waals surface area (Å²) in [6.07, 6.45) is 0.136. The van der Waals surface area contributed by atoms with E-state index in [0.29, 0.717) is 30.7 Å². The molecule has 8 nitrogen and oxygen atoms in total. The number of hydrogen-bond acceptors (Lipinski definition) is 5. The van der Waals surface area contributed by atoms with Gasteiger partial charge in [0.2, 0.25) is 0 Å². The molecule has 1 saturated heterocycles. The highest BCUT2D eigenvalue weighted by Crippen LogP contribution is 2.09. The molecule has 0 aliphatic carbocycles. The van der Waals surface area contributed by atoms with Crippen molar-refractivity contribution in [2.24, 2.45) is 16.6 Å². The Bertz CT molecular complexity index is 606. The summed E-state index contributed by atoms with van der Waals surface area (Å²) in [5.74, 6) is 1.50. The van der Waals surface area contributed by atoms with Crippen molar-refractivity contribution in [3.05, 3.63) is 23.7 Å². The van der Waals surface area contributed by atoms with Crippen LogP contribution in [0.3, 0.4) is 0 Å². The highest BCUT2D eigenvalue weighted by Gasteiger charge is 2.21. The quantitative estimate of drug-likeness (QED) is 0.288. The number of nitrogens with zero attached hydrogens (tertiary/aromatic N) is 2. The summed E-state index contributed by atoms with van der Waals surface area (Å²) in [7, 11) is 0. The Balaban J connectivity index is 0.00000364. The number of carbonyl (C=O) groups is 1. The van der Waals surface area contributed by atoms with Gasteiger partial charge in [-0.3, -0.25) is 9.69 Å². The number of halogens is 1. The Morgan fingerprint density at radius 2 is 2.19 bits per heavy atom. The zero-order chi connectivity index (χ0) is 18.9. The van der Waals surface area contributed by atoms with Crippen LogP contribution in [0.15, 0.2) is 21.5 Å². The molecule has 2 heterocycles.